The van der Waals surface area contributed by atoms with Gasteiger partial charge in [-0.25, -0.2) is 0 Å². The molecule has 17 heavy (non-hydrogen) atoms. The highest BCUT2D eigenvalue weighted by molar-refractivity contribution is 9.09. The van der Waals surface area contributed by atoms with Gasteiger partial charge in [0.2, 0.25) is 5.75 Å². The Morgan fingerprint density at radius 2 is 2.06 bits per heavy atom. The van der Waals surface area contributed by atoms with Gasteiger partial charge in [-0.2, -0.15) is 0 Å². The molecule has 0 aliphatic carbocycles. The van der Waals surface area contributed by atoms with Crippen LogP contribution >= 0.6 is 15.9 Å². The minimum absolute atomic E-state index is 0.189. The van der Waals surface area contributed by atoms with Crippen LogP contribution in [0.2, 0.25) is 0 Å². The van der Waals surface area contributed by atoms with Gasteiger partial charge in [-0.3, -0.25) is 10.1 Å². The molecule has 0 radical (unpaired) electrons. The predicted octanol–water partition coefficient (Wildman–Crippen LogP) is 3.43. The molecular weight excluding hydrogens is 307 g/mol. The van der Waals surface area contributed by atoms with Crippen molar-refractivity contribution in [3.05, 3.63) is 33.9 Å². The van der Waals surface area contributed by atoms with Crippen LogP contribution in [0.3, 0.4) is 0 Å². The maximum absolute atomic E-state index is 12.0. The van der Waals surface area contributed by atoms with Crippen molar-refractivity contribution in [1.82, 2.24) is 0 Å². The van der Waals surface area contributed by atoms with E-state index in [4.69, 9.17) is 0 Å². The number of benzene rings is 1. The van der Waals surface area contributed by atoms with Crippen LogP contribution < -0.4 is 4.74 Å². The van der Waals surface area contributed by atoms with Crippen molar-refractivity contribution in [2.75, 3.05) is 5.33 Å². The van der Waals surface area contributed by atoms with E-state index in [-0.39, 0.29) is 12.0 Å². The fourth-order valence-electron chi connectivity index (χ4n) is 1.29. The number of nitrogens with zero attached hydrogens (tertiary/aromatic N) is 1. The van der Waals surface area contributed by atoms with E-state index in [1.807, 2.05) is 0 Å². The molecule has 0 spiro atoms. The molecule has 0 saturated heterocycles. The van der Waals surface area contributed by atoms with Gasteiger partial charge in [-0.05, 0) is 12.5 Å². The van der Waals surface area contributed by atoms with E-state index in [0.717, 1.165) is 6.07 Å². The quantitative estimate of drug-likeness (QED) is 0.486. The molecule has 1 aromatic carbocycles. The second-order valence-electron chi connectivity index (χ2n) is 3.01. The first kappa shape index (κ1) is 13.8. The van der Waals surface area contributed by atoms with Crippen LogP contribution in [0, 0.1) is 10.1 Å². The molecule has 8 heteroatoms. The number of ether oxygens (including phenoxy) is 1. The van der Waals surface area contributed by atoms with Crippen molar-refractivity contribution in [3.8, 4) is 5.75 Å². The normalized spacial score (nSPS) is 11.3. The van der Waals surface area contributed by atoms with Crippen molar-refractivity contribution in [1.29, 1.82) is 0 Å². The number of para-hydroxylation sites is 1. The Morgan fingerprint density at radius 1 is 1.41 bits per heavy atom. The van der Waals surface area contributed by atoms with Crippen molar-refractivity contribution in [3.63, 3.8) is 0 Å². The first-order valence-corrected chi connectivity index (χ1v) is 5.55. The fourth-order valence-corrected chi connectivity index (χ4v) is 1.71. The van der Waals surface area contributed by atoms with Gasteiger partial charge in [0, 0.05) is 10.9 Å². The summed E-state index contributed by atoms with van der Waals surface area (Å²) >= 11 is 3.07. The number of nitro benzene ring substituents is 1. The highest BCUT2D eigenvalue weighted by Gasteiger charge is 2.35. The van der Waals surface area contributed by atoms with Crippen LogP contribution in [0.15, 0.2) is 18.2 Å². The molecule has 0 atom stereocenters. The van der Waals surface area contributed by atoms with Crippen molar-refractivity contribution < 1.29 is 22.8 Å². The first-order chi connectivity index (χ1) is 7.85. The number of aryl methyl sites for hydroxylation is 1. The maximum atomic E-state index is 12.0. The molecule has 1 rings (SSSR count). The van der Waals surface area contributed by atoms with Crippen LogP contribution in [0.4, 0.5) is 18.9 Å². The van der Waals surface area contributed by atoms with Crippen LogP contribution in [0.5, 0.6) is 5.75 Å². The maximum Gasteiger partial charge on any atom is 0.573 e. The minimum atomic E-state index is -4.95. The van der Waals surface area contributed by atoms with Gasteiger partial charge < -0.3 is 4.74 Å². The molecule has 0 saturated carbocycles. The Bertz CT molecular complexity index is 422. The summed E-state index contributed by atoms with van der Waals surface area (Å²) in [5.74, 6) is -0.791. The molecule has 94 valence electrons. The van der Waals surface area contributed by atoms with E-state index in [9.17, 15) is 23.3 Å². The van der Waals surface area contributed by atoms with E-state index in [2.05, 4.69) is 20.7 Å². The summed E-state index contributed by atoms with van der Waals surface area (Å²) in [6.45, 7) is 0. The Hall–Kier alpha value is -1.31. The van der Waals surface area contributed by atoms with Gasteiger partial charge in [0.05, 0.1) is 4.92 Å². The second kappa shape index (κ2) is 5.35. The number of rotatable bonds is 4. The Balaban J connectivity index is 3.20. The topological polar surface area (TPSA) is 52.4 Å². The number of hydrogen-bond acceptors (Lipinski definition) is 3. The zero-order valence-electron chi connectivity index (χ0n) is 8.33. The molecule has 0 aromatic heterocycles. The SMILES string of the molecule is O=[N+]([O-])c1c(CCBr)cccc1OC(F)(F)F. The van der Waals surface area contributed by atoms with Gasteiger partial charge in [-0.1, -0.05) is 28.1 Å². The van der Waals surface area contributed by atoms with Gasteiger partial charge in [-0.15, -0.1) is 13.2 Å². The van der Waals surface area contributed by atoms with Crippen molar-refractivity contribution in [2.45, 2.75) is 12.8 Å². The van der Waals surface area contributed by atoms with Crippen LogP contribution in [-0.4, -0.2) is 16.6 Å². The second-order valence-corrected chi connectivity index (χ2v) is 3.80. The van der Waals surface area contributed by atoms with E-state index in [1.165, 1.54) is 12.1 Å². The van der Waals surface area contributed by atoms with Gasteiger partial charge in [0.15, 0.2) is 0 Å². The molecule has 1 aromatic rings. The van der Waals surface area contributed by atoms with Crippen LogP contribution in [0.1, 0.15) is 5.56 Å². The lowest BCUT2D eigenvalue weighted by molar-refractivity contribution is -0.389. The summed E-state index contributed by atoms with van der Waals surface area (Å²) in [7, 11) is 0. The molecule has 0 heterocycles. The third kappa shape index (κ3) is 3.88. The van der Waals surface area contributed by atoms with E-state index in [0.29, 0.717) is 5.33 Å². The Kier molecular flexibility index (Phi) is 4.33. The summed E-state index contributed by atoms with van der Waals surface area (Å²) < 4.78 is 39.8. The Labute approximate surface area is 103 Å². The van der Waals surface area contributed by atoms with Gasteiger partial charge >= 0.3 is 12.0 Å². The highest BCUT2D eigenvalue weighted by atomic mass is 79.9. The van der Waals surface area contributed by atoms with Gasteiger partial charge in [0.25, 0.3) is 0 Å². The van der Waals surface area contributed by atoms with Crippen molar-refractivity contribution in [2.24, 2.45) is 0 Å². The third-order valence-electron chi connectivity index (χ3n) is 1.85. The number of nitro groups is 1. The molecular formula is C9H7BrF3NO3. The van der Waals surface area contributed by atoms with E-state index in [1.54, 1.807) is 0 Å². The lowest BCUT2D eigenvalue weighted by Gasteiger charge is -2.10. The van der Waals surface area contributed by atoms with Crippen LogP contribution in [0.25, 0.3) is 0 Å². The average molecular weight is 314 g/mol. The molecule has 0 bridgehead atoms. The number of halogens is 4. The minimum Gasteiger partial charge on any atom is -0.398 e. The molecule has 0 aliphatic heterocycles. The molecule has 0 aliphatic rings. The standard InChI is InChI=1S/C9H7BrF3NO3/c10-5-4-6-2-1-3-7(8(6)14(15)16)17-9(11,12)13/h1-3H,4-5H2. The fraction of sp³-hybridized carbons (Fsp3) is 0.333. The monoisotopic (exact) mass is 313 g/mol. The van der Waals surface area contributed by atoms with E-state index < -0.39 is 22.7 Å². The summed E-state index contributed by atoms with van der Waals surface area (Å²) in [6, 6.07) is 3.60. The molecule has 0 fully saturated rings. The lowest BCUT2D eigenvalue weighted by atomic mass is 10.1. The summed E-state index contributed by atoms with van der Waals surface area (Å²) in [5, 5.41) is 11.2. The van der Waals surface area contributed by atoms with Crippen molar-refractivity contribution >= 4 is 21.6 Å². The summed E-state index contributed by atoms with van der Waals surface area (Å²) in [6.07, 6.45) is -4.71. The zero-order chi connectivity index (χ0) is 13.1. The first-order valence-electron chi connectivity index (χ1n) is 4.43. The van der Waals surface area contributed by atoms with E-state index >= 15 is 0 Å². The Morgan fingerprint density at radius 3 is 2.53 bits per heavy atom. The summed E-state index contributed by atoms with van der Waals surface area (Å²) in [5.41, 5.74) is -0.460. The third-order valence-corrected chi connectivity index (χ3v) is 2.25. The molecule has 0 amide bonds. The highest BCUT2D eigenvalue weighted by Crippen LogP contribution is 2.35. The number of hydrogen-bond donors (Lipinski definition) is 0. The largest absolute Gasteiger partial charge is 0.573 e. The molecule has 0 unspecified atom stereocenters. The number of alkyl halides is 4. The molecule has 0 N–H and O–H groups in total. The zero-order valence-corrected chi connectivity index (χ0v) is 9.92. The van der Waals surface area contributed by atoms with Gasteiger partial charge in [0.1, 0.15) is 0 Å². The summed E-state index contributed by atoms with van der Waals surface area (Å²) in [4.78, 5) is 9.87. The lowest BCUT2D eigenvalue weighted by Crippen LogP contribution is -2.18. The predicted molar refractivity (Wildman–Crippen MR) is 57.3 cm³/mol. The van der Waals surface area contributed by atoms with Crippen LogP contribution in [-0.2, 0) is 6.42 Å². The molecule has 4 nitrogen and oxygen atoms in total. The average Bonchev–Trinajstić information content (AvgIpc) is 2.15. The smallest absolute Gasteiger partial charge is 0.398 e.